The van der Waals surface area contributed by atoms with Gasteiger partial charge in [-0.1, -0.05) is 28.1 Å². The first-order valence-electron chi connectivity index (χ1n) is 11.5. The molecule has 2 heterocycles. The Balaban J connectivity index is 1.31. The number of alkyl halides is 3. The van der Waals surface area contributed by atoms with Gasteiger partial charge in [0.2, 0.25) is 10.0 Å². The van der Waals surface area contributed by atoms with Crippen LogP contribution in [0.2, 0.25) is 0 Å². The monoisotopic (exact) mass is 602 g/mol. The largest absolute Gasteiger partial charge is 0.485 e. The third kappa shape index (κ3) is 7.32. The molecule has 1 fully saturated rings. The van der Waals surface area contributed by atoms with Crippen molar-refractivity contribution in [1.29, 1.82) is 0 Å². The van der Waals surface area contributed by atoms with E-state index in [1.807, 2.05) is 17.5 Å². The van der Waals surface area contributed by atoms with Crippen LogP contribution >= 0.6 is 27.3 Å². The number of hydrogen-bond donors (Lipinski definition) is 1. The summed E-state index contributed by atoms with van der Waals surface area (Å²) in [6, 6.07) is 15.1. The number of ether oxygens (including phenoxy) is 1. The van der Waals surface area contributed by atoms with Gasteiger partial charge in [-0.25, -0.2) is 13.1 Å². The lowest BCUT2D eigenvalue weighted by Crippen LogP contribution is -2.45. The van der Waals surface area contributed by atoms with Crippen molar-refractivity contribution in [1.82, 2.24) is 9.62 Å². The Morgan fingerprint density at radius 2 is 1.81 bits per heavy atom. The first-order valence-corrected chi connectivity index (χ1v) is 14.6. The van der Waals surface area contributed by atoms with Crippen LogP contribution < -0.4 is 9.46 Å². The van der Waals surface area contributed by atoms with Gasteiger partial charge in [0.25, 0.3) is 0 Å². The number of nitrogens with zero attached hydrogens (tertiary/aromatic N) is 1. The summed E-state index contributed by atoms with van der Waals surface area (Å²) in [6.45, 7) is 2.21. The lowest BCUT2D eigenvalue weighted by atomic mass is 10.1. The van der Waals surface area contributed by atoms with Gasteiger partial charge in [0.05, 0.1) is 10.5 Å². The highest BCUT2D eigenvalue weighted by molar-refractivity contribution is 9.10. The Bertz CT molecular complexity index is 1230. The highest BCUT2D eigenvalue weighted by atomic mass is 79.9. The van der Waals surface area contributed by atoms with Crippen molar-refractivity contribution in [2.24, 2.45) is 0 Å². The van der Waals surface area contributed by atoms with Crippen molar-refractivity contribution < 1.29 is 26.3 Å². The predicted molar refractivity (Wildman–Crippen MR) is 138 cm³/mol. The number of sulfonamides is 1. The van der Waals surface area contributed by atoms with Crippen LogP contribution in [0.3, 0.4) is 0 Å². The Morgan fingerprint density at radius 1 is 1.08 bits per heavy atom. The van der Waals surface area contributed by atoms with Crippen molar-refractivity contribution >= 4 is 37.3 Å². The maximum Gasteiger partial charge on any atom is 0.416 e. The zero-order valence-electron chi connectivity index (χ0n) is 19.2. The topological polar surface area (TPSA) is 58.6 Å². The summed E-state index contributed by atoms with van der Waals surface area (Å²) in [5.41, 5.74) is -0.707. The number of halogens is 4. The van der Waals surface area contributed by atoms with E-state index < -0.39 is 21.8 Å². The standard InChI is InChI=1S/C25H26BrF3N2O3S2/c26-19-3-1-4-22(17-19)36(32,33)30-20-10-13-31(14-11-20)15-12-23(24-5-2-16-35-24)34-21-8-6-18(7-9-21)25(27,28)29/h1-9,16-17,20,23,30H,10-15H2. The number of hydrogen-bond acceptors (Lipinski definition) is 5. The fraction of sp³-hybridized carbons (Fsp3) is 0.360. The van der Waals surface area contributed by atoms with Gasteiger partial charge in [-0.2, -0.15) is 13.2 Å². The lowest BCUT2D eigenvalue weighted by molar-refractivity contribution is -0.137. The van der Waals surface area contributed by atoms with Gasteiger partial charge < -0.3 is 9.64 Å². The molecule has 2 aromatic carbocycles. The zero-order chi connectivity index (χ0) is 25.8. The summed E-state index contributed by atoms with van der Waals surface area (Å²) in [5.74, 6) is 0.391. The maximum absolute atomic E-state index is 12.9. The molecule has 1 aliphatic rings. The molecule has 1 N–H and O–H groups in total. The van der Waals surface area contributed by atoms with Gasteiger partial charge >= 0.3 is 6.18 Å². The van der Waals surface area contributed by atoms with Crippen molar-refractivity contribution in [2.45, 2.75) is 42.5 Å². The van der Waals surface area contributed by atoms with Gasteiger partial charge in [0.15, 0.2) is 0 Å². The number of benzene rings is 2. The van der Waals surface area contributed by atoms with Crippen LogP contribution in [0.4, 0.5) is 13.2 Å². The Labute approximate surface area is 221 Å². The van der Waals surface area contributed by atoms with E-state index in [0.29, 0.717) is 29.5 Å². The molecule has 0 saturated carbocycles. The summed E-state index contributed by atoms with van der Waals surface area (Å²) in [6.07, 6.45) is -2.62. The highest BCUT2D eigenvalue weighted by Gasteiger charge is 2.30. The van der Waals surface area contributed by atoms with E-state index in [1.54, 1.807) is 35.6 Å². The molecular weight excluding hydrogens is 577 g/mol. The second kappa shape index (κ2) is 11.6. The molecule has 0 radical (unpaired) electrons. The molecule has 1 aromatic heterocycles. The molecule has 0 spiro atoms. The van der Waals surface area contributed by atoms with Crippen LogP contribution in [-0.4, -0.2) is 39.0 Å². The van der Waals surface area contributed by atoms with Crippen molar-refractivity contribution in [2.75, 3.05) is 19.6 Å². The van der Waals surface area contributed by atoms with E-state index >= 15 is 0 Å². The van der Waals surface area contributed by atoms with Crippen LogP contribution in [-0.2, 0) is 16.2 Å². The van der Waals surface area contributed by atoms with Crippen LogP contribution in [0.1, 0.15) is 35.8 Å². The minimum atomic E-state index is -4.38. The van der Waals surface area contributed by atoms with Gasteiger partial charge in [0.1, 0.15) is 11.9 Å². The predicted octanol–water partition coefficient (Wildman–Crippen LogP) is 6.48. The summed E-state index contributed by atoms with van der Waals surface area (Å²) >= 11 is 4.86. The van der Waals surface area contributed by atoms with E-state index in [2.05, 4.69) is 25.6 Å². The quantitative estimate of drug-likeness (QED) is 0.304. The highest BCUT2D eigenvalue weighted by Crippen LogP contribution is 2.33. The van der Waals surface area contributed by atoms with Crippen molar-refractivity contribution in [3.05, 3.63) is 81.0 Å². The molecule has 1 atom stereocenters. The van der Waals surface area contributed by atoms with Gasteiger partial charge in [-0.05, 0) is 79.8 Å². The minimum absolute atomic E-state index is 0.137. The van der Waals surface area contributed by atoms with Crippen LogP contribution in [0.25, 0.3) is 0 Å². The van der Waals surface area contributed by atoms with Gasteiger partial charge in [-0.3, -0.25) is 0 Å². The molecule has 5 nitrogen and oxygen atoms in total. The van der Waals surface area contributed by atoms with Gasteiger partial charge in [-0.15, -0.1) is 11.3 Å². The van der Waals surface area contributed by atoms with Crippen molar-refractivity contribution in [3.63, 3.8) is 0 Å². The lowest BCUT2D eigenvalue weighted by Gasteiger charge is -2.33. The number of piperidine rings is 1. The summed E-state index contributed by atoms with van der Waals surface area (Å²) < 4.78 is 73.6. The van der Waals surface area contributed by atoms with Crippen LogP contribution in [0.15, 0.2) is 75.4 Å². The third-order valence-corrected chi connectivity index (χ3v) is 9.02. The fourth-order valence-electron chi connectivity index (χ4n) is 4.12. The Hall–Kier alpha value is -1.92. The SMILES string of the molecule is O=S(=O)(NC1CCN(CCC(Oc2ccc(C(F)(F)F)cc2)c2cccs2)CC1)c1cccc(Br)c1. The molecule has 4 rings (SSSR count). The van der Waals surface area contributed by atoms with E-state index in [9.17, 15) is 21.6 Å². The number of likely N-dealkylation sites (tertiary alicyclic amines) is 1. The Kier molecular flexibility index (Phi) is 8.77. The first kappa shape index (κ1) is 27.1. The fourth-order valence-corrected chi connectivity index (χ4v) is 6.81. The maximum atomic E-state index is 12.9. The minimum Gasteiger partial charge on any atom is -0.485 e. The molecular formula is C25H26BrF3N2O3S2. The Morgan fingerprint density at radius 3 is 2.42 bits per heavy atom. The van der Waals surface area contributed by atoms with E-state index in [-0.39, 0.29) is 17.0 Å². The molecule has 0 aliphatic carbocycles. The van der Waals surface area contributed by atoms with Crippen LogP contribution in [0.5, 0.6) is 5.75 Å². The van der Waals surface area contributed by atoms with Crippen LogP contribution in [0, 0.1) is 0 Å². The summed E-state index contributed by atoms with van der Waals surface area (Å²) in [4.78, 5) is 3.51. The molecule has 0 amide bonds. The van der Waals surface area contributed by atoms with Gasteiger partial charge in [0, 0.05) is 28.4 Å². The molecule has 11 heteroatoms. The molecule has 194 valence electrons. The third-order valence-electron chi connectivity index (χ3n) is 6.04. The number of rotatable bonds is 9. The van der Waals surface area contributed by atoms with E-state index in [1.165, 1.54) is 12.1 Å². The average molecular weight is 604 g/mol. The smallest absolute Gasteiger partial charge is 0.416 e. The molecule has 1 saturated heterocycles. The average Bonchev–Trinajstić information content (AvgIpc) is 3.37. The molecule has 0 bridgehead atoms. The second-order valence-corrected chi connectivity index (χ2v) is 12.2. The normalized spacial score (nSPS) is 16.7. The molecule has 3 aromatic rings. The second-order valence-electron chi connectivity index (χ2n) is 8.63. The van der Waals surface area contributed by atoms with Crippen molar-refractivity contribution in [3.8, 4) is 5.75 Å². The molecule has 1 aliphatic heterocycles. The number of thiophene rings is 1. The number of nitrogens with one attached hydrogen (secondary N) is 1. The summed E-state index contributed by atoms with van der Waals surface area (Å²) in [5, 5.41) is 1.95. The summed E-state index contributed by atoms with van der Waals surface area (Å²) in [7, 11) is -3.59. The molecule has 36 heavy (non-hydrogen) atoms. The van der Waals surface area contributed by atoms with E-state index in [4.69, 9.17) is 4.74 Å². The molecule has 1 unspecified atom stereocenters. The van der Waals surface area contributed by atoms with E-state index in [0.717, 1.165) is 36.6 Å². The first-order chi connectivity index (χ1) is 17.1. The zero-order valence-corrected chi connectivity index (χ0v) is 22.5.